The summed E-state index contributed by atoms with van der Waals surface area (Å²) in [5.74, 6) is 1.31. The van der Waals surface area contributed by atoms with Gasteiger partial charge >= 0.3 is 0 Å². The molecule has 1 aliphatic heterocycles. The van der Waals surface area contributed by atoms with E-state index in [-0.39, 0.29) is 5.41 Å². The second kappa shape index (κ2) is 5.23. The van der Waals surface area contributed by atoms with E-state index in [1.54, 1.807) is 0 Å². The van der Waals surface area contributed by atoms with Crippen LogP contribution in [0.2, 0.25) is 0 Å². The first-order chi connectivity index (χ1) is 6.97. The molecule has 1 fully saturated rings. The van der Waals surface area contributed by atoms with Gasteiger partial charge < -0.3 is 5.32 Å². The Hall–Kier alpha value is -0.200. The number of rotatable bonds is 5. The molecule has 0 aromatic heterocycles. The van der Waals surface area contributed by atoms with Gasteiger partial charge in [-0.2, -0.15) is 17.0 Å². The van der Waals surface area contributed by atoms with Crippen LogP contribution >= 0.6 is 11.8 Å². The number of nitrogens with zero attached hydrogens (tertiary/aromatic N) is 1. The van der Waals surface area contributed by atoms with Crippen LogP contribution in [0.3, 0.4) is 0 Å². The summed E-state index contributed by atoms with van der Waals surface area (Å²) in [5, 5.41) is 12.4. The molecule has 1 unspecified atom stereocenters. The lowest BCUT2D eigenvalue weighted by Crippen LogP contribution is -2.34. The summed E-state index contributed by atoms with van der Waals surface area (Å²) in [5.41, 5.74) is -0.184. The van der Waals surface area contributed by atoms with Crippen molar-refractivity contribution in [1.29, 1.82) is 5.26 Å². The quantitative estimate of drug-likeness (QED) is 0.732. The molecule has 0 saturated carbocycles. The average Bonchev–Trinajstić information content (AvgIpc) is 2.61. The van der Waals surface area contributed by atoms with Gasteiger partial charge in [-0.25, -0.2) is 0 Å². The van der Waals surface area contributed by atoms with Crippen LogP contribution in [0.1, 0.15) is 40.0 Å². The maximum Gasteiger partial charge on any atom is 0.0684 e. The standard InChI is InChI=1S/C12H22N2S/c1-11(2,9-13)6-7-14-10-12(3)5-4-8-15-12/h14H,4-8,10H2,1-3H3. The molecule has 1 N–H and O–H groups in total. The first-order valence-electron chi connectivity index (χ1n) is 5.73. The monoisotopic (exact) mass is 226 g/mol. The predicted molar refractivity (Wildman–Crippen MR) is 67.0 cm³/mol. The lowest BCUT2D eigenvalue weighted by molar-refractivity contribution is 0.421. The molecule has 0 radical (unpaired) electrons. The zero-order chi connectivity index (χ0) is 11.4. The number of thioether (sulfide) groups is 1. The van der Waals surface area contributed by atoms with Gasteiger partial charge in [0.15, 0.2) is 0 Å². The van der Waals surface area contributed by atoms with Crippen molar-refractivity contribution in [1.82, 2.24) is 5.32 Å². The fraction of sp³-hybridized carbons (Fsp3) is 0.917. The maximum atomic E-state index is 8.87. The minimum absolute atomic E-state index is 0.184. The van der Waals surface area contributed by atoms with E-state index in [9.17, 15) is 0 Å². The molecule has 1 rings (SSSR count). The topological polar surface area (TPSA) is 35.8 Å². The van der Waals surface area contributed by atoms with Gasteiger partial charge in [0.05, 0.1) is 11.5 Å². The van der Waals surface area contributed by atoms with Gasteiger partial charge in [0, 0.05) is 11.3 Å². The number of hydrogen-bond acceptors (Lipinski definition) is 3. The predicted octanol–water partition coefficient (Wildman–Crippen LogP) is 2.80. The van der Waals surface area contributed by atoms with E-state index in [0.717, 1.165) is 19.5 Å². The normalized spacial score (nSPS) is 26.5. The van der Waals surface area contributed by atoms with Crippen molar-refractivity contribution in [3.63, 3.8) is 0 Å². The summed E-state index contributed by atoms with van der Waals surface area (Å²) in [6.45, 7) is 8.38. The third kappa shape index (κ3) is 4.44. The molecule has 0 aromatic carbocycles. The van der Waals surface area contributed by atoms with Crippen LogP contribution in [0, 0.1) is 16.7 Å². The highest BCUT2D eigenvalue weighted by Gasteiger charge is 2.28. The van der Waals surface area contributed by atoms with Crippen LogP contribution in [0.4, 0.5) is 0 Å². The highest BCUT2D eigenvalue weighted by atomic mass is 32.2. The van der Waals surface area contributed by atoms with E-state index < -0.39 is 0 Å². The average molecular weight is 226 g/mol. The fourth-order valence-corrected chi connectivity index (χ4v) is 3.06. The summed E-state index contributed by atoms with van der Waals surface area (Å²) in [4.78, 5) is 0. The zero-order valence-electron chi connectivity index (χ0n) is 10.1. The fourth-order valence-electron chi connectivity index (χ4n) is 1.79. The van der Waals surface area contributed by atoms with Crippen LogP contribution in [-0.4, -0.2) is 23.6 Å². The molecule has 0 bridgehead atoms. The molecule has 3 heteroatoms. The van der Waals surface area contributed by atoms with Crippen molar-refractivity contribution in [2.45, 2.75) is 44.8 Å². The van der Waals surface area contributed by atoms with Gasteiger partial charge in [-0.3, -0.25) is 0 Å². The van der Waals surface area contributed by atoms with Crippen LogP contribution in [0.15, 0.2) is 0 Å². The molecule has 1 atom stereocenters. The van der Waals surface area contributed by atoms with Crippen molar-refractivity contribution in [3.8, 4) is 6.07 Å². The lowest BCUT2D eigenvalue weighted by Gasteiger charge is -2.24. The van der Waals surface area contributed by atoms with Crippen LogP contribution in [0.25, 0.3) is 0 Å². The van der Waals surface area contributed by atoms with Crippen molar-refractivity contribution in [2.75, 3.05) is 18.8 Å². The summed E-state index contributed by atoms with van der Waals surface area (Å²) in [6, 6.07) is 2.33. The molecule has 0 spiro atoms. The Morgan fingerprint density at radius 2 is 2.27 bits per heavy atom. The van der Waals surface area contributed by atoms with E-state index in [4.69, 9.17) is 5.26 Å². The Bertz CT molecular complexity index is 236. The van der Waals surface area contributed by atoms with E-state index in [1.807, 2.05) is 13.8 Å². The number of nitrogens with one attached hydrogen (secondary N) is 1. The van der Waals surface area contributed by atoms with Gasteiger partial charge in [-0.1, -0.05) is 0 Å². The Balaban J connectivity index is 2.14. The maximum absolute atomic E-state index is 8.87. The SMILES string of the molecule is CC(C)(C#N)CCNCC1(C)CCCS1. The molecule has 1 aliphatic rings. The van der Waals surface area contributed by atoms with Crippen LogP contribution in [-0.2, 0) is 0 Å². The Morgan fingerprint density at radius 3 is 2.80 bits per heavy atom. The largest absolute Gasteiger partial charge is 0.315 e. The Labute approximate surface area is 97.8 Å². The Kier molecular flexibility index (Phi) is 4.48. The summed E-state index contributed by atoms with van der Waals surface area (Å²) < 4.78 is 0.441. The number of nitriles is 1. The lowest BCUT2D eigenvalue weighted by atomic mass is 9.91. The van der Waals surface area contributed by atoms with E-state index >= 15 is 0 Å². The third-order valence-electron chi connectivity index (χ3n) is 3.03. The molecular formula is C12H22N2S. The molecule has 1 saturated heterocycles. The Morgan fingerprint density at radius 1 is 1.53 bits per heavy atom. The minimum atomic E-state index is -0.184. The third-order valence-corrected chi connectivity index (χ3v) is 4.57. The van der Waals surface area contributed by atoms with Crippen LogP contribution in [0.5, 0.6) is 0 Å². The first kappa shape index (κ1) is 12.9. The van der Waals surface area contributed by atoms with Gasteiger partial charge in [0.2, 0.25) is 0 Å². The summed E-state index contributed by atoms with van der Waals surface area (Å²) >= 11 is 2.08. The number of hydrogen-bond donors (Lipinski definition) is 1. The summed E-state index contributed by atoms with van der Waals surface area (Å²) in [6.07, 6.45) is 3.61. The molecule has 2 nitrogen and oxygen atoms in total. The highest BCUT2D eigenvalue weighted by Crippen LogP contribution is 2.36. The smallest absolute Gasteiger partial charge is 0.0684 e. The van der Waals surface area contributed by atoms with Gasteiger partial charge in [0.1, 0.15) is 0 Å². The minimum Gasteiger partial charge on any atom is -0.315 e. The molecule has 15 heavy (non-hydrogen) atoms. The van der Waals surface area contributed by atoms with Gasteiger partial charge in [-0.05, 0) is 52.3 Å². The summed E-state index contributed by atoms with van der Waals surface area (Å²) in [7, 11) is 0. The molecule has 0 amide bonds. The van der Waals surface area contributed by atoms with E-state index in [0.29, 0.717) is 4.75 Å². The van der Waals surface area contributed by atoms with E-state index in [1.165, 1.54) is 18.6 Å². The molecular weight excluding hydrogens is 204 g/mol. The molecule has 1 heterocycles. The molecule has 86 valence electrons. The zero-order valence-corrected chi connectivity index (χ0v) is 10.9. The second-order valence-corrected chi connectivity index (χ2v) is 7.01. The van der Waals surface area contributed by atoms with Crippen molar-refractivity contribution in [2.24, 2.45) is 5.41 Å². The van der Waals surface area contributed by atoms with Crippen molar-refractivity contribution >= 4 is 11.8 Å². The van der Waals surface area contributed by atoms with Crippen molar-refractivity contribution in [3.05, 3.63) is 0 Å². The molecule has 0 aromatic rings. The molecule has 0 aliphatic carbocycles. The van der Waals surface area contributed by atoms with Gasteiger partial charge in [-0.15, -0.1) is 0 Å². The van der Waals surface area contributed by atoms with E-state index in [2.05, 4.69) is 30.1 Å². The van der Waals surface area contributed by atoms with Crippen molar-refractivity contribution < 1.29 is 0 Å². The second-order valence-electron chi connectivity index (χ2n) is 5.32. The van der Waals surface area contributed by atoms with Gasteiger partial charge in [0.25, 0.3) is 0 Å². The van der Waals surface area contributed by atoms with Crippen LogP contribution < -0.4 is 5.32 Å². The highest BCUT2D eigenvalue weighted by molar-refractivity contribution is 8.00. The first-order valence-corrected chi connectivity index (χ1v) is 6.72.